The van der Waals surface area contributed by atoms with Gasteiger partial charge in [-0.15, -0.1) is 0 Å². The molecule has 19 heavy (non-hydrogen) atoms. The molecule has 1 rings (SSSR count). The maximum Gasteiger partial charge on any atom is 0.328 e. The average Bonchev–Trinajstić information content (AvgIpc) is 2.85. The molecule has 0 aliphatic rings. The van der Waals surface area contributed by atoms with Crippen molar-refractivity contribution in [2.24, 2.45) is 0 Å². The Balaban J connectivity index is 2.43. The van der Waals surface area contributed by atoms with Crippen LogP contribution in [-0.4, -0.2) is 46.7 Å². The van der Waals surface area contributed by atoms with Gasteiger partial charge in [-0.3, -0.25) is 9.59 Å². The Morgan fingerprint density at radius 1 is 1.42 bits per heavy atom. The van der Waals surface area contributed by atoms with Gasteiger partial charge in [0, 0.05) is 0 Å². The lowest BCUT2D eigenvalue weighted by Crippen LogP contribution is -2.50. The topological polar surface area (TPSA) is 129 Å². The monoisotopic (exact) mass is 270 g/mol. The molecule has 0 radical (unpaired) electrons. The van der Waals surface area contributed by atoms with Crippen LogP contribution in [0.2, 0.25) is 0 Å². The van der Waals surface area contributed by atoms with E-state index < -0.39 is 36.5 Å². The van der Waals surface area contributed by atoms with Crippen molar-refractivity contribution < 1.29 is 29.0 Å². The number of carboxylic acids is 1. The molecule has 2 atom stereocenters. The van der Waals surface area contributed by atoms with E-state index >= 15 is 0 Å². The van der Waals surface area contributed by atoms with Gasteiger partial charge in [0.1, 0.15) is 0 Å². The SMILES string of the molecule is CC(O)C(NC(=O)CNC(=O)c1ccco1)C(=O)O. The van der Waals surface area contributed by atoms with Crippen LogP contribution in [0.5, 0.6) is 0 Å². The number of aliphatic hydroxyl groups excluding tert-OH is 1. The van der Waals surface area contributed by atoms with Crippen LogP contribution >= 0.6 is 0 Å². The van der Waals surface area contributed by atoms with Crippen LogP contribution in [0.1, 0.15) is 17.5 Å². The van der Waals surface area contributed by atoms with Gasteiger partial charge in [0.25, 0.3) is 5.91 Å². The highest BCUT2D eigenvalue weighted by molar-refractivity contribution is 5.94. The number of carbonyl (C=O) groups excluding carboxylic acids is 2. The number of rotatable bonds is 6. The highest BCUT2D eigenvalue weighted by atomic mass is 16.4. The van der Waals surface area contributed by atoms with Gasteiger partial charge in [0.2, 0.25) is 5.91 Å². The summed E-state index contributed by atoms with van der Waals surface area (Å²) in [5.41, 5.74) is 0. The van der Waals surface area contributed by atoms with Crippen LogP contribution in [-0.2, 0) is 9.59 Å². The first-order valence-electron chi connectivity index (χ1n) is 5.43. The second kappa shape index (κ2) is 6.55. The normalized spacial score (nSPS) is 13.4. The van der Waals surface area contributed by atoms with E-state index in [-0.39, 0.29) is 5.76 Å². The highest BCUT2D eigenvalue weighted by Gasteiger charge is 2.25. The fraction of sp³-hybridized carbons (Fsp3) is 0.364. The Kier molecular flexibility index (Phi) is 5.07. The van der Waals surface area contributed by atoms with E-state index in [4.69, 9.17) is 14.6 Å². The largest absolute Gasteiger partial charge is 0.480 e. The first-order chi connectivity index (χ1) is 8.91. The third-order valence-electron chi connectivity index (χ3n) is 2.22. The van der Waals surface area contributed by atoms with E-state index in [2.05, 4.69) is 10.6 Å². The molecule has 1 aromatic rings. The molecule has 0 aliphatic heterocycles. The zero-order valence-corrected chi connectivity index (χ0v) is 10.1. The zero-order valence-electron chi connectivity index (χ0n) is 10.1. The van der Waals surface area contributed by atoms with E-state index in [0.29, 0.717) is 0 Å². The molecule has 2 amide bonds. The van der Waals surface area contributed by atoms with Crippen molar-refractivity contribution in [3.05, 3.63) is 24.2 Å². The predicted molar refractivity (Wildman–Crippen MR) is 62.3 cm³/mol. The lowest BCUT2D eigenvalue weighted by atomic mass is 10.2. The van der Waals surface area contributed by atoms with Gasteiger partial charge in [0.15, 0.2) is 11.8 Å². The molecular weight excluding hydrogens is 256 g/mol. The number of carboxylic acid groups (broad SMARTS) is 1. The van der Waals surface area contributed by atoms with Crippen molar-refractivity contribution in [3.63, 3.8) is 0 Å². The first kappa shape index (κ1) is 14.7. The molecule has 1 heterocycles. The Morgan fingerprint density at radius 3 is 2.58 bits per heavy atom. The predicted octanol–water partition coefficient (Wildman–Crippen LogP) is -1.04. The summed E-state index contributed by atoms with van der Waals surface area (Å²) in [6.07, 6.45) is 0.0605. The lowest BCUT2D eigenvalue weighted by Gasteiger charge is -2.16. The maximum absolute atomic E-state index is 11.4. The van der Waals surface area contributed by atoms with Crippen LogP contribution in [0.25, 0.3) is 0 Å². The van der Waals surface area contributed by atoms with Crippen LogP contribution in [0.3, 0.4) is 0 Å². The Labute approximate surface area is 108 Å². The summed E-state index contributed by atoms with van der Waals surface area (Å²) >= 11 is 0. The third kappa shape index (κ3) is 4.43. The lowest BCUT2D eigenvalue weighted by molar-refractivity contribution is -0.144. The highest BCUT2D eigenvalue weighted by Crippen LogP contribution is 1.98. The second-order valence-corrected chi connectivity index (χ2v) is 3.78. The number of furan rings is 1. The van der Waals surface area contributed by atoms with Gasteiger partial charge >= 0.3 is 5.97 Å². The Morgan fingerprint density at radius 2 is 2.11 bits per heavy atom. The van der Waals surface area contributed by atoms with E-state index in [1.54, 1.807) is 0 Å². The number of aliphatic carboxylic acids is 1. The number of aliphatic hydroxyl groups is 1. The number of nitrogens with one attached hydrogen (secondary N) is 2. The van der Waals surface area contributed by atoms with Crippen molar-refractivity contribution in [1.29, 1.82) is 0 Å². The molecule has 8 nitrogen and oxygen atoms in total. The molecule has 0 bridgehead atoms. The van der Waals surface area contributed by atoms with Crippen LogP contribution in [0.4, 0.5) is 0 Å². The van der Waals surface area contributed by atoms with E-state index in [1.807, 2.05) is 0 Å². The quantitative estimate of drug-likeness (QED) is 0.522. The van der Waals surface area contributed by atoms with Gasteiger partial charge in [-0.1, -0.05) is 0 Å². The van der Waals surface area contributed by atoms with Crippen molar-refractivity contribution in [1.82, 2.24) is 10.6 Å². The summed E-state index contributed by atoms with van der Waals surface area (Å²) in [6, 6.07) is 1.51. The van der Waals surface area contributed by atoms with Crippen molar-refractivity contribution in [3.8, 4) is 0 Å². The fourth-order valence-corrected chi connectivity index (χ4v) is 1.27. The fourth-order valence-electron chi connectivity index (χ4n) is 1.27. The number of hydrogen-bond acceptors (Lipinski definition) is 5. The van der Waals surface area contributed by atoms with E-state index in [0.717, 1.165) is 0 Å². The summed E-state index contributed by atoms with van der Waals surface area (Å²) < 4.78 is 4.81. The van der Waals surface area contributed by atoms with Crippen LogP contribution in [0, 0.1) is 0 Å². The number of amides is 2. The van der Waals surface area contributed by atoms with Crippen molar-refractivity contribution in [2.75, 3.05) is 6.54 Å². The number of hydrogen-bond donors (Lipinski definition) is 4. The molecule has 4 N–H and O–H groups in total. The summed E-state index contributed by atoms with van der Waals surface area (Å²) in [5, 5.41) is 22.2. The molecule has 8 heteroatoms. The summed E-state index contributed by atoms with van der Waals surface area (Å²) in [6.45, 7) is 0.816. The van der Waals surface area contributed by atoms with Gasteiger partial charge in [-0.25, -0.2) is 4.79 Å². The minimum absolute atomic E-state index is 0.0399. The van der Waals surface area contributed by atoms with Gasteiger partial charge in [-0.2, -0.15) is 0 Å². The minimum Gasteiger partial charge on any atom is -0.480 e. The van der Waals surface area contributed by atoms with Crippen molar-refractivity contribution in [2.45, 2.75) is 19.1 Å². The Bertz CT molecular complexity index is 454. The smallest absolute Gasteiger partial charge is 0.328 e. The molecule has 0 fully saturated rings. The molecule has 1 aromatic heterocycles. The first-order valence-corrected chi connectivity index (χ1v) is 5.43. The molecule has 0 aromatic carbocycles. The number of carbonyl (C=O) groups is 3. The molecule has 0 aliphatic carbocycles. The minimum atomic E-state index is -1.42. The van der Waals surface area contributed by atoms with Gasteiger partial charge in [-0.05, 0) is 19.1 Å². The van der Waals surface area contributed by atoms with Crippen LogP contribution in [0.15, 0.2) is 22.8 Å². The third-order valence-corrected chi connectivity index (χ3v) is 2.22. The molecule has 0 saturated carbocycles. The maximum atomic E-state index is 11.4. The average molecular weight is 270 g/mol. The molecule has 0 spiro atoms. The summed E-state index contributed by atoms with van der Waals surface area (Å²) in [5.74, 6) is -2.64. The molecule has 104 valence electrons. The van der Waals surface area contributed by atoms with E-state index in [1.165, 1.54) is 25.3 Å². The molecule has 0 saturated heterocycles. The molecule has 2 unspecified atom stereocenters. The second-order valence-electron chi connectivity index (χ2n) is 3.78. The Hall–Kier alpha value is -2.35. The van der Waals surface area contributed by atoms with E-state index in [9.17, 15) is 14.4 Å². The molecular formula is C11H14N2O6. The van der Waals surface area contributed by atoms with Gasteiger partial charge < -0.3 is 25.3 Å². The van der Waals surface area contributed by atoms with Gasteiger partial charge in [0.05, 0.1) is 18.9 Å². The summed E-state index contributed by atoms with van der Waals surface area (Å²) in [7, 11) is 0. The zero-order chi connectivity index (χ0) is 14.4. The summed E-state index contributed by atoms with van der Waals surface area (Å²) in [4.78, 5) is 33.5. The van der Waals surface area contributed by atoms with Crippen molar-refractivity contribution >= 4 is 17.8 Å². The van der Waals surface area contributed by atoms with Crippen LogP contribution < -0.4 is 10.6 Å². The standard InChI is InChI=1S/C11H14N2O6/c1-6(14)9(11(17)18)13-8(15)5-12-10(16)7-3-2-4-19-7/h2-4,6,9,14H,5H2,1H3,(H,12,16)(H,13,15)(H,17,18).